The molecule has 1 rings (SSSR count). The van der Waals surface area contributed by atoms with E-state index in [4.69, 9.17) is 0 Å². The first-order chi connectivity index (χ1) is 7.61. The van der Waals surface area contributed by atoms with Crippen LogP contribution in [0, 0.1) is 0 Å². The van der Waals surface area contributed by atoms with Crippen LogP contribution in [0.25, 0.3) is 0 Å². The first-order valence-corrected chi connectivity index (χ1v) is 5.55. The number of nitrogens with one attached hydrogen (secondary N) is 1. The summed E-state index contributed by atoms with van der Waals surface area (Å²) < 4.78 is 0. The van der Waals surface area contributed by atoms with Gasteiger partial charge in [0.2, 0.25) is 0 Å². The zero-order chi connectivity index (χ0) is 12.1. The molecule has 0 aromatic carbocycles. The minimum absolute atomic E-state index is 0.0231. The van der Waals surface area contributed by atoms with E-state index in [1.807, 2.05) is 25.7 Å². The highest BCUT2D eigenvalue weighted by Crippen LogP contribution is 2.15. The highest BCUT2D eigenvalue weighted by molar-refractivity contribution is 5.98. The highest BCUT2D eigenvalue weighted by atomic mass is 16.2. The summed E-state index contributed by atoms with van der Waals surface area (Å²) in [6.07, 6.45) is 1.67. The number of carbonyl (C=O) groups is 1. The van der Waals surface area contributed by atoms with E-state index in [-0.39, 0.29) is 11.9 Å². The SMILES string of the molecule is CCN(C(=O)c1cccnc1NC)C(C)C. The summed E-state index contributed by atoms with van der Waals surface area (Å²) in [6, 6.07) is 3.77. The number of anilines is 1. The maximum Gasteiger partial charge on any atom is 0.257 e. The molecule has 0 saturated carbocycles. The number of rotatable bonds is 4. The molecule has 1 N–H and O–H groups in total. The molecule has 88 valence electrons. The van der Waals surface area contributed by atoms with Crippen LogP contribution in [0.5, 0.6) is 0 Å². The quantitative estimate of drug-likeness (QED) is 0.845. The van der Waals surface area contributed by atoms with E-state index in [1.165, 1.54) is 0 Å². The summed E-state index contributed by atoms with van der Waals surface area (Å²) >= 11 is 0. The minimum Gasteiger partial charge on any atom is -0.372 e. The topological polar surface area (TPSA) is 45.2 Å². The van der Waals surface area contributed by atoms with Crippen molar-refractivity contribution in [1.82, 2.24) is 9.88 Å². The predicted molar refractivity (Wildman–Crippen MR) is 65.6 cm³/mol. The van der Waals surface area contributed by atoms with Crippen LogP contribution >= 0.6 is 0 Å². The molecular formula is C12H19N3O. The number of aromatic nitrogens is 1. The van der Waals surface area contributed by atoms with Crippen LogP contribution < -0.4 is 5.32 Å². The standard InChI is InChI=1S/C12H19N3O/c1-5-15(9(2)3)12(16)10-7-6-8-14-11(10)13-4/h6-9H,5H2,1-4H3,(H,13,14). The van der Waals surface area contributed by atoms with Crippen LogP contribution in [0.4, 0.5) is 5.82 Å². The van der Waals surface area contributed by atoms with Crippen LogP contribution in [-0.4, -0.2) is 35.4 Å². The molecule has 0 aliphatic rings. The minimum atomic E-state index is 0.0231. The molecule has 0 spiro atoms. The van der Waals surface area contributed by atoms with E-state index in [0.29, 0.717) is 17.9 Å². The van der Waals surface area contributed by atoms with Crippen LogP contribution in [0.1, 0.15) is 31.1 Å². The average molecular weight is 221 g/mol. The third-order valence-electron chi connectivity index (χ3n) is 2.50. The van der Waals surface area contributed by atoms with Crippen molar-refractivity contribution in [3.8, 4) is 0 Å². The molecule has 0 bridgehead atoms. The summed E-state index contributed by atoms with van der Waals surface area (Å²) in [5.74, 6) is 0.654. The van der Waals surface area contributed by atoms with Crippen molar-refractivity contribution in [2.45, 2.75) is 26.8 Å². The van der Waals surface area contributed by atoms with E-state index in [0.717, 1.165) is 0 Å². The van der Waals surface area contributed by atoms with Gasteiger partial charge in [-0.3, -0.25) is 4.79 Å². The van der Waals surface area contributed by atoms with Gasteiger partial charge in [0, 0.05) is 25.8 Å². The van der Waals surface area contributed by atoms with Gasteiger partial charge in [0.25, 0.3) is 5.91 Å². The largest absolute Gasteiger partial charge is 0.372 e. The molecule has 0 fully saturated rings. The Labute approximate surface area is 96.7 Å². The average Bonchev–Trinajstić information content (AvgIpc) is 2.29. The number of pyridine rings is 1. The summed E-state index contributed by atoms with van der Waals surface area (Å²) in [7, 11) is 1.77. The maximum atomic E-state index is 12.2. The summed E-state index contributed by atoms with van der Waals surface area (Å²) in [4.78, 5) is 18.2. The summed E-state index contributed by atoms with van der Waals surface area (Å²) in [6.45, 7) is 6.70. The van der Waals surface area contributed by atoms with Gasteiger partial charge in [-0.1, -0.05) is 0 Å². The van der Waals surface area contributed by atoms with Gasteiger partial charge in [-0.05, 0) is 32.9 Å². The third kappa shape index (κ3) is 2.51. The molecule has 16 heavy (non-hydrogen) atoms. The fourth-order valence-electron chi connectivity index (χ4n) is 1.68. The summed E-state index contributed by atoms with van der Waals surface area (Å²) in [5.41, 5.74) is 0.626. The Morgan fingerprint density at radius 2 is 2.25 bits per heavy atom. The molecule has 0 saturated heterocycles. The van der Waals surface area contributed by atoms with Crippen molar-refractivity contribution < 1.29 is 4.79 Å². The van der Waals surface area contributed by atoms with Gasteiger partial charge in [0.15, 0.2) is 0 Å². The molecule has 1 heterocycles. The molecule has 4 nitrogen and oxygen atoms in total. The van der Waals surface area contributed by atoms with Gasteiger partial charge in [-0.25, -0.2) is 4.98 Å². The van der Waals surface area contributed by atoms with Gasteiger partial charge in [-0.2, -0.15) is 0 Å². The van der Waals surface area contributed by atoms with Gasteiger partial charge in [0.05, 0.1) is 5.56 Å². The second-order valence-corrected chi connectivity index (χ2v) is 3.83. The molecule has 0 aliphatic carbocycles. The van der Waals surface area contributed by atoms with Crippen molar-refractivity contribution in [3.05, 3.63) is 23.9 Å². The lowest BCUT2D eigenvalue weighted by atomic mass is 10.2. The number of carbonyl (C=O) groups excluding carboxylic acids is 1. The molecule has 0 aliphatic heterocycles. The van der Waals surface area contributed by atoms with Crippen molar-refractivity contribution in [2.24, 2.45) is 0 Å². The zero-order valence-corrected chi connectivity index (χ0v) is 10.3. The Balaban J connectivity index is 3.03. The van der Waals surface area contributed by atoms with Crippen LogP contribution in [0.2, 0.25) is 0 Å². The molecular weight excluding hydrogens is 202 g/mol. The molecule has 0 atom stereocenters. The lowest BCUT2D eigenvalue weighted by Gasteiger charge is -2.25. The Morgan fingerprint density at radius 3 is 2.75 bits per heavy atom. The second kappa shape index (κ2) is 5.49. The van der Waals surface area contributed by atoms with Crippen LogP contribution in [0.15, 0.2) is 18.3 Å². The van der Waals surface area contributed by atoms with Gasteiger partial charge in [-0.15, -0.1) is 0 Å². The zero-order valence-electron chi connectivity index (χ0n) is 10.3. The second-order valence-electron chi connectivity index (χ2n) is 3.83. The fraction of sp³-hybridized carbons (Fsp3) is 0.500. The maximum absolute atomic E-state index is 12.2. The first kappa shape index (κ1) is 12.5. The van der Waals surface area contributed by atoms with E-state index in [2.05, 4.69) is 10.3 Å². The van der Waals surface area contributed by atoms with Crippen molar-refractivity contribution in [2.75, 3.05) is 18.9 Å². The lowest BCUT2D eigenvalue weighted by Crippen LogP contribution is -2.37. The number of amides is 1. The normalized spacial score (nSPS) is 10.3. The highest BCUT2D eigenvalue weighted by Gasteiger charge is 2.19. The van der Waals surface area contributed by atoms with Crippen LogP contribution in [0.3, 0.4) is 0 Å². The van der Waals surface area contributed by atoms with E-state index in [1.54, 1.807) is 25.4 Å². The first-order valence-electron chi connectivity index (χ1n) is 5.55. The van der Waals surface area contributed by atoms with Crippen molar-refractivity contribution in [3.63, 3.8) is 0 Å². The predicted octanol–water partition coefficient (Wildman–Crippen LogP) is 1.99. The van der Waals surface area contributed by atoms with Crippen molar-refractivity contribution >= 4 is 11.7 Å². The van der Waals surface area contributed by atoms with E-state index in [9.17, 15) is 4.79 Å². The number of hydrogen-bond donors (Lipinski definition) is 1. The third-order valence-corrected chi connectivity index (χ3v) is 2.50. The Hall–Kier alpha value is -1.58. The molecule has 1 aromatic heterocycles. The van der Waals surface area contributed by atoms with Crippen LogP contribution in [-0.2, 0) is 0 Å². The van der Waals surface area contributed by atoms with Gasteiger partial charge in [0.1, 0.15) is 5.82 Å². The molecule has 0 unspecified atom stereocenters. The number of nitrogens with zero attached hydrogens (tertiary/aromatic N) is 2. The van der Waals surface area contributed by atoms with Crippen molar-refractivity contribution in [1.29, 1.82) is 0 Å². The molecule has 0 radical (unpaired) electrons. The Bertz CT molecular complexity index is 363. The van der Waals surface area contributed by atoms with Gasteiger partial charge >= 0.3 is 0 Å². The van der Waals surface area contributed by atoms with E-state index >= 15 is 0 Å². The monoisotopic (exact) mass is 221 g/mol. The fourth-order valence-corrected chi connectivity index (χ4v) is 1.68. The smallest absolute Gasteiger partial charge is 0.257 e. The molecule has 4 heteroatoms. The van der Waals surface area contributed by atoms with E-state index < -0.39 is 0 Å². The molecule has 1 amide bonds. The number of hydrogen-bond acceptors (Lipinski definition) is 3. The van der Waals surface area contributed by atoms with Gasteiger partial charge < -0.3 is 10.2 Å². The summed E-state index contributed by atoms with van der Waals surface area (Å²) in [5, 5.41) is 2.94. The Kier molecular flexibility index (Phi) is 4.28. The lowest BCUT2D eigenvalue weighted by molar-refractivity contribution is 0.0717. The Morgan fingerprint density at radius 1 is 1.56 bits per heavy atom. The molecule has 1 aromatic rings.